The lowest BCUT2D eigenvalue weighted by molar-refractivity contribution is -0.147. The molecule has 0 aromatic heterocycles. The van der Waals surface area contributed by atoms with Crippen LogP contribution in [0, 0.1) is 5.41 Å². The van der Waals surface area contributed by atoms with E-state index in [1.807, 2.05) is 0 Å². The number of amides is 2. The van der Waals surface area contributed by atoms with Crippen molar-refractivity contribution < 1.29 is 24.2 Å². The summed E-state index contributed by atoms with van der Waals surface area (Å²) >= 11 is 0. The normalized spacial score (nSPS) is 15.8. The second kappa shape index (κ2) is 9.13. The highest BCUT2D eigenvalue weighted by molar-refractivity contribution is 5.99. The van der Waals surface area contributed by atoms with Gasteiger partial charge in [-0.2, -0.15) is 0 Å². The number of carboxylic acid groups (broad SMARTS) is 1. The van der Waals surface area contributed by atoms with Crippen LogP contribution in [0.2, 0.25) is 0 Å². The van der Waals surface area contributed by atoms with Crippen LogP contribution >= 0.6 is 0 Å². The van der Waals surface area contributed by atoms with Crippen molar-refractivity contribution in [1.82, 2.24) is 10.2 Å². The highest BCUT2D eigenvalue weighted by Crippen LogP contribution is 2.15. The van der Waals surface area contributed by atoms with Gasteiger partial charge in [0.2, 0.25) is 5.91 Å². The van der Waals surface area contributed by atoms with Gasteiger partial charge in [-0.1, -0.05) is 12.1 Å². The second-order valence-electron chi connectivity index (χ2n) is 6.42. The van der Waals surface area contributed by atoms with Gasteiger partial charge in [-0.25, -0.2) is 4.79 Å². The number of nitrogen functional groups attached to an aromatic ring is 1. The first-order chi connectivity index (χ1) is 12.8. The van der Waals surface area contributed by atoms with Crippen LogP contribution in [0.5, 0.6) is 0 Å². The Morgan fingerprint density at radius 1 is 1.26 bits per heavy atom. The Morgan fingerprint density at radius 2 is 1.81 bits per heavy atom. The lowest BCUT2D eigenvalue weighted by Gasteiger charge is -2.33. The maximum atomic E-state index is 12.5. The van der Waals surface area contributed by atoms with Gasteiger partial charge in [0.05, 0.1) is 6.10 Å². The minimum atomic E-state index is -1.01. The number of likely N-dealkylation sites (tertiary alicyclic amines) is 1. The van der Waals surface area contributed by atoms with Gasteiger partial charge in [0.15, 0.2) is 0 Å². The number of hydrogen-bond donors (Lipinski definition) is 4. The quantitative estimate of drug-likeness (QED) is 0.394. The monoisotopic (exact) mass is 376 g/mol. The number of ether oxygens (including phenoxy) is 1. The number of hydrogen-bond acceptors (Lipinski definition) is 5. The zero-order valence-corrected chi connectivity index (χ0v) is 15.1. The molecule has 1 aromatic carbocycles. The van der Waals surface area contributed by atoms with Crippen LogP contribution < -0.4 is 11.1 Å². The van der Waals surface area contributed by atoms with Gasteiger partial charge in [0, 0.05) is 24.2 Å². The molecule has 9 nitrogen and oxygen atoms in total. The molecule has 0 spiro atoms. The van der Waals surface area contributed by atoms with Crippen LogP contribution in [-0.4, -0.2) is 65.5 Å². The Labute approximate surface area is 157 Å². The summed E-state index contributed by atoms with van der Waals surface area (Å²) in [4.78, 5) is 37.0. The molecule has 0 radical (unpaired) electrons. The van der Waals surface area contributed by atoms with E-state index in [1.165, 1.54) is 0 Å². The number of carbonyl (C=O) groups is 3. The van der Waals surface area contributed by atoms with E-state index in [1.54, 1.807) is 36.1 Å². The van der Waals surface area contributed by atoms with Crippen molar-refractivity contribution in [2.24, 2.45) is 5.73 Å². The van der Waals surface area contributed by atoms with E-state index in [2.05, 4.69) is 5.32 Å². The smallest absolute Gasteiger partial charge is 0.329 e. The summed E-state index contributed by atoms with van der Waals surface area (Å²) in [6.07, 6.45) is 0.952. The van der Waals surface area contributed by atoms with Crippen molar-refractivity contribution in [1.29, 1.82) is 5.41 Å². The summed E-state index contributed by atoms with van der Waals surface area (Å²) in [6.45, 7) is 2.19. The van der Waals surface area contributed by atoms with E-state index in [0.29, 0.717) is 37.1 Å². The summed E-state index contributed by atoms with van der Waals surface area (Å²) < 4.78 is 5.25. The number of benzene rings is 1. The predicted molar refractivity (Wildman–Crippen MR) is 97.6 cm³/mol. The highest BCUT2D eigenvalue weighted by Gasteiger charge is 2.27. The van der Waals surface area contributed by atoms with Crippen molar-refractivity contribution in [2.45, 2.75) is 31.9 Å². The molecular weight excluding hydrogens is 352 g/mol. The fourth-order valence-corrected chi connectivity index (χ4v) is 2.85. The summed E-state index contributed by atoms with van der Waals surface area (Å²) in [5.41, 5.74) is 6.27. The Bertz CT molecular complexity index is 711. The zero-order chi connectivity index (χ0) is 20.0. The molecule has 1 atom stereocenters. The molecular formula is C18H24N4O5. The third-order valence-electron chi connectivity index (χ3n) is 4.37. The first kappa shape index (κ1) is 20.4. The summed E-state index contributed by atoms with van der Waals surface area (Å²) in [6, 6.07) is 5.56. The molecule has 1 aromatic rings. The Kier molecular flexibility index (Phi) is 6.89. The fourth-order valence-electron chi connectivity index (χ4n) is 2.85. The van der Waals surface area contributed by atoms with Crippen molar-refractivity contribution in [3.63, 3.8) is 0 Å². The molecule has 2 amide bonds. The molecule has 146 valence electrons. The lowest BCUT2D eigenvalue weighted by atomic mass is 10.1. The molecule has 1 fully saturated rings. The Hall–Kier alpha value is -2.94. The highest BCUT2D eigenvalue weighted by atomic mass is 16.5. The van der Waals surface area contributed by atoms with Gasteiger partial charge in [-0.15, -0.1) is 0 Å². The molecule has 0 unspecified atom stereocenters. The summed E-state index contributed by atoms with van der Waals surface area (Å²) in [5.74, 6) is -1.67. The summed E-state index contributed by atoms with van der Waals surface area (Å²) in [7, 11) is 0. The average Bonchev–Trinajstić information content (AvgIpc) is 2.66. The minimum Gasteiger partial charge on any atom is -0.480 e. The van der Waals surface area contributed by atoms with Gasteiger partial charge in [0.1, 0.15) is 18.5 Å². The molecule has 1 heterocycles. The average molecular weight is 376 g/mol. The van der Waals surface area contributed by atoms with Crippen molar-refractivity contribution in [2.75, 3.05) is 19.7 Å². The molecule has 0 saturated carbocycles. The number of nitrogens with one attached hydrogen (secondary N) is 2. The number of carboxylic acids is 1. The number of amidine groups is 1. The number of carbonyl (C=O) groups excluding carboxylic acids is 2. The van der Waals surface area contributed by atoms with E-state index in [9.17, 15) is 14.4 Å². The summed E-state index contributed by atoms with van der Waals surface area (Å²) in [5, 5.41) is 18.6. The third kappa shape index (κ3) is 5.78. The van der Waals surface area contributed by atoms with Crippen LogP contribution in [0.4, 0.5) is 0 Å². The van der Waals surface area contributed by atoms with Crippen LogP contribution in [0.1, 0.15) is 35.7 Å². The van der Waals surface area contributed by atoms with Gasteiger partial charge < -0.3 is 25.8 Å². The van der Waals surface area contributed by atoms with Gasteiger partial charge in [-0.3, -0.25) is 15.0 Å². The van der Waals surface area contributed by atoms with Crippen LogP contribution in [0.3, 0.4) is 0 Å². The molecule has 1 saturated heterocycles. The SMILES string of the molecule is C[C@H](NC(=O)c1ccc(C(=N)N)cc1)C(=O)N1CCC(OCC(=O)O)CC1. The number of piperidine rings is 1. The Balaban J connectivity index is 1.84. The van der Waals surface area contributed by atoms with Crippen LogP contribution in [-0.2, 0) is 14.3 Å². The van der Waals surface area contributed by atoms with Crippen molar-refractivity contribution in [3.8, 4) is 0 Å². The largest absolute Gasteiger partial charge is 0.480 e. The number of nitrogens with zero attached hydrogens (tertiary/aromatic N) is 1. The topological polar surface area (TPSA) is 146 Å². The van der Waals surface area contributed by atoms with E-state index in [4.69, 9.17) is 21.0 Å². The standard InChI is InChI=1S/C18H24N4O5/c1-11(21-17(25)13-4-2-12(3-5-13)16(19)20)18(26)22-8-6-14(7-9-22)27-10-15(23)24/h2-5,11,14H,6-10H2,1H3,(H3,19,20)(H,21,25)(H,23,24)/t11-/m0/s1. The second-order valence-corrected chi connectivity index (χ2v) is 6.42. The predicted octanol–water partition coefficient (Wildman–Crippen LogP) is 0.181. The Morgan fingerprint density at radius 3 is 2.33 bits per heavy atom. The molecule has 1 aliphatic rings. The molecule has 5 N–H and O–H groups in total. The van der Waals surface area contributed by atoms with E-state index in [-0.39, 0.29) is 30.4 Å². The van der Waals surface area contributed by atoms with E-state index < -0.39 is 12.0 Å². The maximum Gasteiger partial charge on any atom is 0.329 e. The number of nitrogens with two attached hydrogens (primary N) is 1. The molecule has 0 aliphatic carbocycles. The molecule has 1 aliphatic heterocycles. The van der Waals surface area contributed by atoms with E-state index in [0.717, 1.165) is 0 Å². The first-order valence-corrected chi connectivity index (χ1v) is 8.65. The zero-order valence-electron chi connectivity index (χ0n) is 15.1. The third-order valence-corrected chi connectivity index (χ3v) is 4.37. The molecule has 0 bridgehead atoms. The lowest BCUT2D eigenvalue weighted by Crippen LogP contribution is -2.50. The molecule has 27 heavy (non-hydrogen) atoms. The number of rotatable bonds is 7. The maximum absolute atomic E-state index is 12.5. The van der Waals surface area contributed by atoms with Crippen molar-refractivity contribution >= 4 is 23.6 Å². The van der Waals surface area contributed by atoms with Gasteiger partial charge in [0.25, 0.3) is 5.91 Å². The minimum absolute atomic E-state index is 0.0822. The van der Waals surface area contributed by atoms with E-state index >= 15 is 0 Å². The van der Waals surface area contributed by atoms with Gasteiger partial charge >= 0.3 is 5.97 Å². The molecule has 9 heteroatoms. The fraction of sp³-hybridized carbons (Fsp3) is 0.444. The molecule has 2 rings (SSSR count). The van der Waals surface area contributed by atoms with Gasteiger partial charge in [-0.05, 0) is 31.9 Å². The number of aliphatic carboxylic acids is 1. The van der Waals surface area contributed by atoms with Crippen LogP contribution in [0.15, 0.2) is 24.3 Å². The van der Waals surface area contributed by atoms with Crippen molar-refractivity contribution in [3.05, 3.63) is 35.4 Å². The van der Waals surface area contributed by atoms with Crippen LogP contribution in [0.25, 0.3) is 0 Å². The first-order valence-electron chi connectivity index (χ1n) is 8.65.